The van der Waals surface area contributed by atoms with Gasteiger partial charge in [0.2, 0.25) is 0 Å². The highest BCUT2D eigenvalue weighted by Crippen LogP contribution is 2.31. The number of carbonyl (C=O) groups is 1. The van der Waals surface area contributed by atoms with Crippen molar-refractivity contribution in [3.63, 3.8) is 0 Å². The summed E-state index contributed by atoms with van der Waals surface area (Å²) in [5.41, 5.74) is 2.15. The highest BCUT2D eigenvalue weighted by Gasteiger charge is 2.25. The molecule has 3 rings (SSSR count). The molecule has 118 valence electrons. The Labute approximate surface area is 135 Å². The number of thiophene rings is 1. The van der Waals surface area contributed by atoms with E-state index in [1.54, 1.807) is 17.5 Å². The third kappa shape index (κ3) is 2.82. The molecule has 0 saturated carbocycles. The Bertz CT molecular complexity index is 671. The second-order valence-electron chi connectivity index (χ2n) is 6.35. The van der Waals surface area contributed by atoms with Gasteiger partial charge in [-0.25, -0.2) is 4.98 Å². The van der Waals surface area contributed by atoms with E-state index in [0.29, 0.717) is 5.92 Å². The van der Waals surface area contributed by atoms with Gasteiger partial charge in [0.25, 0.3) is 5.91 Å². The number of aromatic nitrogens is 2. The number of nitrogens with one attached hydrogen (secondary N) is 1. The highest BCUT2D eigenvalue weighted by atomic mass is 32.1. The average Bonchev–Trinajstić information content (AvgIpc) is 3.10. The molecule has 22 heavy (non-hydrogen) atoms. The zero-order valence-electron chi connectivity index (χ0n) is 13.4. The van der Waals surface area contributed by atoms with E-state index in [4.69, 9.17) is 0 Å². The summed E-state index contributed by atoms with van der Waals surface area (Å²) >= 11 is 1.73. The minimum Gasteiger partial charge on any atom is -0.342 e. The maximum atomic E-state index is 12.8. The maximum absolute atomic E-state index is 12.8. The number of hydrogen-bond donors (Lipinski definition) is 1. The Hall–Kier alpha value is -1.62. The van der Waals surface area contributed by atoms with Crippen LogP contribution in [0.1, 0.15) is 59.4 Å². The van der Waals surface area contributed by atoms with Crippen LogP contribution in [0.3, 0.4) is 0 Å². The molecule has 0 unspecified atom stereocenters. The number of hydrogen-bond acceptors (Lipinski definition) is 3. The van der Waals surface area contributed by atoms with Crippen molar-refractivity contribution in [3.8, 4) is 0 Å². The Morgan fingerprint density at radius 2 is 2.14 bits per heavy atom. The molecule has 5 heteroatoms. The molecule has 1 atom stereocenters. The quantitative estimate of drug-likeness (QED) is 0.938. The van der Waals surface area contributed by atoms with Crippen molar-refractivity contribution in [3.05, 3.63) is 39.6 Å². The van der Waals surface area contributed by atoms with Crippen LogP contribution in [0.2, 0.25) is 0 Å². The second kappa shape index (κ2) is 6.24. The van der Waals surface area contributed by atoms with Crippen LogP contribution in [0.4, 0.5) is 0 Å². The summed E-state index contributed by atoms with van der Waals surface area (Å²) in [7, 11) is 1.97. The summed E-state index contributed by atoms with van der Waals surface area (Å²) in [5, 5.41) is 5.23. The topological polar surface area (TPSA) is 46.9 Å². The normalized spacial score (nSPS) is 15.6. The first kappa shape index (κ1) is 15.3. The molecule has 0 radical (unpaired) electrons. The van der Waals surface area contributed by atoms with Gasteiger partial charge in [0.1, 0.15) is 5.82 Å². The Morgan fingerprint density at radius 3 is 2.82 bits per heavy atom. The molecule has 0 aromatic carbocycles. The Morgan fingerprint density at radius 1 is 1.36 bits per heavy atom. The number of carbonyl (C=O) groups excluding carboxylic acids is 1. The number of amides is 1. The van der Waals surface area contributed by atoms with E-state index in [0.717, 1.165) is 24.2 Å². The van der Waals surface area contributed by atoms with E-state index in [1.807, 2.05) is 23.2 Å². The average molecular weight is 317 g/mol. The third-order valence-corrected chi connectivity index (χ3v) is 5.48. The summed E-state index contributed by atoms with van der Waals surface area (Å²) in [6.07, 6.45) is 8.30. The van der Waals surface area contributed by atoms with Crippen LogP contribution in [0.5, 0.6) is 0 Å². The molecule has 2 heterocycles. The fourth-order valence-electron chi connectivity index (χ4n) is 3.11. The summed E-state index contributed by atoms with van der Waals surface area (Å²) in [6, 6.07) is -0.0633. The number of fused-ring (bicyclic) bond motifs is 1. The van der Waals surface area contributed by atoms with Crippen LogP contribution >= 0.6 is 11.3 Å². The van der Waals surface area contributed by atoms with Gasteiger partial charge in [0, 0.05) is 29.7 Å². The van der Waals surface area contributed by atoms with E-state index in [1.165, 1.54) is 23.3 Å². The molecule has 0 saturated heterocycles. The summed E-state index contributed by atoms with van der Waals surface area (Å²) in [4.78, 5) is 18.6. The van der Waals surface area contributed by atoms with Crippen LogP contribution in [0.15, 0.2) is 17.8 Å². The zero-order chi connectivity index (χ0) is 15.7. The molecule has 0 fully saturated rings. The van der Waals surface area contributed by atoms with Crippen molar-refractivity contribution in [2.45, 2.75) is 45.6 Å². The summed E-state index contributed by atoms with van der Waals surface area (Å²) < 4.78 is 1.98. The van der Waals surface area contributed by atoms with Gasteiger partial charge in [-0.3, -0.25) is 4.79 Å². The fraction of sp³-hybridized carbons (Fsp3) is 0.529. The Kier molecular flexibility index (Phi) is 4.34. The number of aryl methyl sites for hydroxylation is 2. The minimum atomic E-state index is -0.0633. The van der Waals surface area contributed by atoms with Gasteiger partial charge < -0.3 is 9.88 Å². The lowest BCUT2D eigenvalue weighted by Gasteiger charge is -2.22. The van der Waals surface area contributed by atoms with Gasteiger partial charge in [0.05, 0.1) is 11.6 Å². The molecule has 1 aliphatic carbocycles. The first-order valence-electron chi connectivity index (χ1n) is 7.95. The van der Waals surface area contributed by atoms with Crippen molar-refractivity contribution in [2.75, 3.05) is 0 Å². The van der Waals surface area contributed by atoms with Gasteiger partial charge in [-0.2, -0.15) is 0 Å². The van der Waals surface area contributed by atoms with Crippen molar-refractivity contribution >= 4 is 17.2 Å². The SMILES string of the molecule is CC(C)[C@@H](NC(=O)c1csc2c1CCCC2)c1nccn1C. The van der Waals surface area contributed by atoms with Gasteiger partial charge in [-0.15, -0.1) is 11.3 Å². The molecular formula is C17H23N3OS. The monoisotopic (exact) mass is 317 g/mol. The number of nitrogens with zero attached hydrogens (tertiary/aromatic N) is 2. The molecule has 1 N–H and O–H groups in total. The lowest BCUT2D eigenvalue weighted by Crippen LogP contribution is -2.33. The molecular weight excluding hydrogens is 294 g/mol. The third-order valence-electron chi connectivity index (χ3n) is 4.40. The van der Waals surface area contributed by atoms with Gasteiger partial charge in [0.15, 0.2) is 0 Å². The van der Waals surface area contributed by atoms with Crippen LogP contribution in [-0.4, -0.2) is 15.5 Å². The lowest BCUT2D eigenvalue weighted by molar-refractivity contribution is 0.0921. The zero-order valence-corrected chi connectivity index (χ0v) is 14.2. The van der Waals surface area contributed by atoms with Crippen LogP contribution in [0.25, 0.3) is 0 Å². The first-order valence-corrected chi connectivity index (χ1v) is 8.83. The van der Waals surface area contributed by atoms with E-state index in [9.17, 15) is 4.79 Å². The molecule has 4 nitrogen and oxygen atoms in total. The number of imidazole rings is 1. The van der Waals surface area contributed by atoms with E-state index in [-0.39, 0.29) is 11.9 Å². The van der Waals surface area contributed by atoms with E-state index in [2.05, 4.69) is 24.1 Å². The molecule has 0 spiro atoms. The second-order valence-corrected chi connectivity index (χ2v) is 7.31. The fourth-order valence-corrected chi connectivity index (χ4v) is 4.24. The Balaban J connectivity index is 1.83. The van der Waals surface area contributed by atoms with Gasteiger partial charge in [-0.05, 0) is 37.2 Å². The molecule has 2 aromatic rings. The van der Waals surface area contributed by atoms with Crippen molar-refractivity contribution < 1.29 is 4.79 Å². The van der Waals surface area contributed by atoms with Crippen LogP contribution < -0.4 is 5.32 Å². The lowest BCUT2D eigenvalue weighted by atomic mass is 9.95. The van der Waals surface area contributed by atoms with Gasteiger partial charge in [-0.1, -0.05) is 13.8 Å². The minimum absolute atomic E-state index is 0.0427. The number of rotatable bonds is 4. The molecule has 2 aromatic heterocycles. The molecule has 0 bridgehead atoms. The smallest absolute Gasteiger partial charge is 0.253 e. The largest absolute Gasteiger partial charge is 0.342 e. The van der Waals surface area contributed by atoms with Crippen molar-refractivity contribution in [1.29, 1.82) is 0 Å². The van der Waals surface area contributed by atoms with Crippen molar-refractivity contribution in [1.82, 2.24) is 14.9 Å². The van der Waals surface area contributed by atoms with E-state index >= 15 is 0 Å². The van der Waals surface area contributed by atoms with Crippen LogP contribution in [0, 0.1) is 5.92 Å². The molecule has 1 aliphatic rings. The summed E-state index contributed by atoms with van der Waals surface area (Å²) in [6.45, 7) is 4.23. The predicted molar refractivity (Wildman–Crippen MR) is 89.2 cm³/mol. The molecule has 0 aliphatic heterocycles. The molecule has 1 amide bonds. The van der Waals surface area contributed by atoms with E-state index < -0.39 is 0 Å². The van der Waals surface area contributed by atoms with Crippen molar-refractivity contribution in [2.24, 2.45) is 13.0 Å². The van der Waals surface area contributed by atoms with Crippen LogP contribution in [-0.2, 0) is 19.9 Å². The van der Waals surface area contributed by atoms with Gasteiger partial charge >= 0.3 is 0 Å². The first-order chi connectivity index (χ1) is 10.6. The highest BCUT2D eigenvalue weighted by molar-refractivity contribution is 7.10. The predicted octanol–water partition coefficient (Wildman–Crippen LogP) is 3.49. The standard InChI is InChI=1S/C17H23N3OS/c1-11(2)15(16-18-8-9-20(16)3)19-17(21)13-10-22-14-7-5-4-6-12(13)14/h8-11,15H,4-7H2,1-3H3,(H,19,21)/t15-/m1/s1. The maximum Gasteiger partial charge on any atom is 0.253 e. The summed E-state index contributed by atoms with van der Waals surface area (Å²) in [5.74, 6) is 1.24.